The lowest BCUT2D eigenvalue weighted by atomic mass is 10.1. The number of nitrogens with zero attached hydrogens (tertiary/aromatic N) is 2. The van der Waals surface area contributed by atoms with Crippen LogP contribution in [-0.2, 0) is 26.2 Å². The second-order valence-electron chi connectivity index (χ2n) is 10.3. The summed E-state index contributed by atoms with van der Waals surface area (Å²) in [4.78, 5) is 28.6. The molecule has 1 unspecified atom stereocenters. The van der Waals surface area contributed by atoms with Gasteiger partial charge in [-0.2, -0.15) is 0 Å². The summed E-state index contributed by atoms with van der Waals surface area (Å²) in [6.07, 6.45) is 0. The summed E-state index contributed by atoms with van der Waals surface area (Å²) < 4.78 is 34.7. The molecule has 0 spiro atoms. The third kappa shape index (κ3) is 7.76. The van der Waals surface area contributed by atoms with Gasteiger partial charge in [-0.25, -0.2) is 8.42 Å². The van der Waals surface area contributed by atoms with Crippen molar-refractivity contribution in [2.75, 3.05) is 17.5 Å². The molecule has 0 heterocycles. The molecular weight excluding hydrogens is 550 g/mol. The highest BCUT2D eigenvalue weighted by Gasteiger charge is 2.34. The molecule has 0 saturated heterocycles. The molecule has 3 aromatic rings. The smallest absolute Gasteiger partial charge is 0.264 e. The SMILES string of the molecule is CCOc1ccccc1N(CC(=O)N(Cc1ccccc1Cl)C(C)C(=O)NC(C)(C)C)S(=O)(=O)c1ccccc1. The van der Waals surface area contributed by atoms with Crippen molar-refractivity contribution >= 4 is 39.1 Å². The third-order valence-electron chi connectivity index (χ3n) is 6.01. The molecule has 0 aliphatic heterocycles. The lowest BCUT2D eigenvalue weighted by Gasteiger charge is -2.34. The van der Waals surface area contributed by atoms with E-state index in [2.05, 4.69) is 5.32 Å². The summed E-state index contributed by atoms with van der Waals surface area (Å²) >= 11 is 6.41. The Labute approximate surface area is 241 Å². The van der Waals surface area contributed by atoms with Gasteiger partial charge in [0.15, 0.2) is 0 Å². The minimum absolute atomic E-state index is 0.00354. The molecular formula is C30H36ClN3O5S. The minimum atomic E-state index is -4.20. The maximum absolute atomic E-state index is 14.1. The quantitative estimate of drug-likeness (QED) is 0.331. The molecule has 10 heteroatoms. The number of anilines is 1. The van der Waals surface area contributed by atoms with Crippen LogP contribution in [-0.4, -0.2) is 49.9 Å². The molecule has 0 aliphatic carbocycles. The fourth-order valence-corrected chi connectivity index (χ4v) is 5.68. The van der Waals surface area contributed by atoms with E-state index in [-0.39, 0.29) is 23.0 Å². The van der Waals surface area contributed by atoms with Crippen LogP contribution in [0.2, 0.25) is 5.02 Å². The lowest BCUT2D eigenvalue weighted by molar-refractivity contribution is -0.140. The molecule has 0 radical (unpaired) electrons. The van der Waals surface area contributed by atoms with E-state index in [0.717, 1.165) is 4.31 Å². The minimum Gasteiger partial charge on any atom is -0.492 e. The fraction of sp³-hybridized carbons (Fsp3) is 0.333. The van der Waals surface area contributed by atoms with E-state index in [1.54, 1.807) is 80.6 Å². The number of carbonyl (C=O) groups excluding carboxylic acids is 2. The van der Waals surface area contributed by atoms with Gasteiger partial charge < -0.3 is 15.0 Å². The van der Waals surface area contributed by atoms with Gasteiger partial charge in [0.25, 0.3) is 10.0 Å². The monoisotopic (exact) mass is 585 g/mol. The van der Waals surface area contributed by atoms with Crippen LogP contribution in [0.5, 0.6) is 5.75 Å². The van der Waals surface area contributed by atoms with Gasteiger partial charge in [-0.3, -0.25) is 13.9 Å². The molecule has 0 saturated carbocycles. The maximum Gasteiger partial charge on any atom is 0.264 e. The number of nitrogens with one attached hydrogen (secondary N) is 1. The summed E-state index contributed by atoms with van der Waals surface area (Å²) in [5, 5.41) is 3.33. The number of rotatable bonds is 11. The zero-order chi connectivity index (χ0) is 29.5. The Morgan fingerprint density at radius 1 is 0.950 bits per heavy atom. The first-order valence-corrected chi connectivity index (χ1v) is 14.8. The van der Waals surface area contributed by atoms with Crippen LogP contribution in [0.4, 0.5) is 5.69 Å². The molecule has 2 amide bonds. The molecule has 0 bridgehead atoms. The van der Waals surface area contributed by atoms with Crippen molar-refractivity contribution in [1.29, 1.82) is 0 Å². The molecule has 214 valence electrons. The maximum atomic E-state index is 14.1. The topological polar surface area (TPSA) is 96.0 Å². The van der Waals surface area contributed by atoms with Gasteiger partial charge in [-0.05, 0) is 70.5 Å². The lowest BCUT2D eigenvalue weighted by Crippen LogP contribution is -2.54. The number of carbonyl (C=O) groups is 2. The van der Waals surface area contributed by atoms with Gasteiger partial charge in [0, 0.05) is 17.1 Å². The van der Waals surface area contributed by atoms with Crippen molar-refractivity contribution in [3.05, 3.63) is 89.4 Å². The fourth-order valence-electron chi connectivity index (χ4n) is 4.04. The van der Waals surface area contributed by atoms with Crippen LogP contribution >= 0.6 is 11.6 Å². The zero-order valence-electron chi connectivity index (χ0n) is 23.4. The average molecular weight is 586 g/mol. The molecule has 0 aromatic heterocycles. The van der Waals surface area contributed by atoms with Gasteiger partial charge >= 0.3 is 0 Å². The molecule has 0 aliphatic rings. The van der Waals surface area contributed by atoms with E-state index in [1.807, 2.05) is 20.8 Å². The number of benzene rings is 3. The van der Waals surface area contributed by atoms with E-state index in [1.165, 1.54) is 17.0 Å². The number of para-hydroxylation sites is 2. The zero-order valence-corrected chi connectivity index (χ0v) is 25.0. The first kappa shape index (κ1) is 31.0. The number of halogens is 1. The predicted octanol–water partition coefficient (Wildman–Crippen LogP) is 5.27. The van der Waals surface area contributed by atoms with Crippen molar-refractivity contribution < 1.29 is 22.7 Å². The van der Waals surface area contributed by atoms with Crippen LogP contribution in [0.1, 0.15) is 40.2 Å². The Morgan fingerprint density at radius 3 is 2.17 bits per heavy atom. The molecule has 3 rings (SSSR count). The van der Waals surface area contributed by atoms with Crippen molar-refractivity contribution in [2.45, 2.75) is 57.6 Å². The first-order chi connectivity index (χ1) is 18.8. The van der Waals surface area contributed by atoms with E-state index in [4.69, 9.17) is 16.3 Å². The Kier molecular flexibility index (Phi) is 10.2. The molecule has 0 fully saturated rings. The van der Waals surface area contributed by atoms with Crippen molar-refractivity contribution in [3.63, 3.8) is 0 Å². The number of hydrogen-bond acceptors (Lipinski definition) is 5. The second-order valence-corrected chi connectivity index (χ2v) is 12.5. The van der Waals surface area contributed by atoms with E-state index in [0.29, 0.717) is 22.9 Å². The summed E-state index contributed by atoms with van der Waals surface area (Å²) in [5.74, 6) is -0.643. The Bertz CT molecular complexity index is 1420. The molecule has 8 nitrogen and oxygen atoms in total. The van der Waals surface area contributed by atoms with Gasteiger partial charge in [-0.1, -0.05) is 60.1 Å². The molecule has 1 atom stereocenters. The largest absolute Gasteiger partial charge is 0.492 e. The van der Waals surface area contributed by atoms with Gasteiger partial charge in [0.2, 0.25) is 11.8 Å². The van der Waals surface area contributed by atoms with Crippen LogP contribution in [0.3, 0.4) is 0 Å². The molecule has 3 aromatic carbocycles. The summed E-state index contributed by atoms with van der Waals surface area (Å²) in [6, 6.07) is 20.6. The summed E-state index contributed by atoms with van der Waals surface area (Å²) in [6.45, 7) is 8.66. The van der Waals surface area contributed by atoms with Crippen LogP contribution in [0, 0.1) is 0 Å². The van der Waals surface area contributed by atoms with Crippen molar-refractivity contribution in [1.82, 2.24) is 10.2 Å². The standard InChI is InChI=1S/C30H36ClN3O5S/c1-6-39-27-19-13-12-18-26(27)34(40(37,38)24-15-8-7-9-16-24)21-28(35)33(20-23-14-10-11-17-25(23)31)22(2)29(36)32-30(3,4)5/h7-19,22H,6,20-21H2,1-5H3,(H,32,36). The predicted molar refractivity (Wildman–Crippen MR) is 158 cm³/mol. The summed E-state index contributed by atoms with van der Waals surface area (Å²) in [5.41, 5.74) is 0.301. The van der Waals surface area contributed by atoms with Crippen molar-refractivity contribution in [2.24, 2.45) is 0 Å². The Balaban J connectivity index is 2.09. The van der Waals surface area contributed by atoms with Crippen LogP contribution in [0.15, 0.2) is 83.8 Å². The molecule has 40 heavy (non-hydrogen) atoms. The van der Waals surface area contributed by atoms with Gasteiger partial charge in [-0.15, -0.1) is 0 Å². The Hall–Kier alpha value is -3.56. The highest BCUT2D eigenvalue weighted by molar-refractivity contribution is 7.92. The van der Waals surface area contributed by atoms with Crippen LogP contribution < -0.4 is 14.4 Å². The highest BCUT2D eigenvalue weighted by atomic mass is 35.5. The van der Waals surface area contributed by atoms with Crippen molar-refractivity contribution in [3.8, 4) is 5.75 Å². The van der Waals surface area contributed by atoms with E-state index < -0.39 is 34.1 Å². The van der Waals surface area contributed by atoms with Crippen LogP contribution in [0.25, 0.3) is 0 Å². The second kappa shape index (κ2) is 13.2. The highest BCUT2D eigenvalue weighted by Crippen LogP contribution is 2.33. The number of hydrogen-bond donors (Lipinski definition) is 1. The third-order valence-corrected chi connectivity index (χ3v) is 8.15. The van der Waals surface area contributed by atoms with E-state index in [9.17, 15) is 18.0 Å². The first-order valence-electron chi connectivity index (χ1n) is 13.0. The number of amides is 2. The number of sulfonamides is 1. The number of ether oxygens (including phenoxy) is 1. The normalized spacial score (nSPS) is 12.3. The Morgan fingerprint density at radius 2 is 1.55 bits per heavy atom. The summed E-state index contributed by atoms with van der Waals surface area (Å²) in [7, 11) is -4.20. The average Bonchev–Trinajstić information content (AvgIpc) is 2.91. The van der Waals surface area contributed by atoms with Gasteiger partial charge in [0.1, 0.15) is 18.3 Å². The van der Waals surface area contributed by atoms with Gasteiger partial charge in [0.05, 0.1) is 17.2 Å². The molecule has 1 N–H and O–H groups in total. The van der Waals surface area contributed by atoms with E-state index >= 15 is 0 Å².